The Hall–Kier alpha value is -1.51. The molecule has 1 aliphatic rings. The molecule has 13 heavy (non-hydrogen) atoms. The van der Waals surface area contributed by atoms with E-state index in [1.807, 2.05) is 0 Å². The predicted molar refractivity (Wildman–Crippen MR) is 46.2 cm³/mol. The number of hydroxylamine groups is 2. The number of nitrogens with one attached hydrogen (secondary N) is 1. The molecule has 1 heterocycles. The van der Waals surface area contributed by atoms with Gasteiger partial charge in [-0.2, -0.15) is 0 Å². The molecule has 0 amide bonds. The van der Waals surface area contributed by atoms with Crippen LogP contribution in [-0.4, -0.2) is 29.0 Å². The summed E-state index contributed by atoms with van der Waals surface area (Å²) in [5, 5.41) is 22.3. The van der Waals surface area contributed by atoms with E-state index in [0.29, 0.717) is 5.06 Å². The standard InChI is InChI=1S/C5H11N6O2/c6-3-2(9-1-12)4(7)11(13)5(8)10-3/h5,9,12H,1,7-8H2,(H2,6,10)/q-1. The van der Waals surface area contributed by atoms with Gasteiger partial charge in [0.25, 0.3) is 0 Å². The van der Waals surface area contributed by atoms with Crippen molar-refractivity contribution >= 4 is 5.84 Å². The third-order valence-corrected chi connectivity index (χ3v) is 1.52. The Morgan fingerprint density at radius 3 is 2.77 bits per heavy atom. The first kappa shape index (κ1) is 9.58. The molecule has 1 atom stereocenters. The van der Waals surface area contributed by atoms with E-state index in [4.69, 9.17) is 22.3 Å². The summed E-state index contributed by atoms with van der Waals surface area (Å²) in [7, 11) is 0. The van der Waals surface area contributed by atoms with Gasteiger partial charge in [0.1, 0.15) is 24.1 Å². The quantitative estimate of drug-likeness (QED) is 0.290. The number of nitrogens with two attached hydrogens (primary N) is 3. The van der Waals surface area contributed by atoms with E-state index in [9.17, 15) is 5.21 Å². The predicted octanol–water partition coefficient (Wildman–Crippen LogP) is -2.93. The monoisotopic (exact) mass is 187 g/mol. The average Bonchev–Trinajstić information content (AvgIpc) is 2.09. The summed E-state index contributed by atoms with van der Waals surface area (Å²) >= 11 is 0. The smallest absolute Gasteiger partial charge is 0.167 e. The first-order chi connectivity index (χ1) is 6.07. The summed E-state index contributed by atoms with van der Waals surface area (Å²) in [5.41, 5.74) is 16.1. The SMILES string of the molecule is NC1=NC(N)N([O-])C(N)=C1NCO. The molecule has 1 unspecified atom stereocenters. The van der Waals surface area contributed by atoms with Crippen molar-refractivity contribution in [2.45, 2.75) is 6.29 Å². The normalized spacial score (nSPS) is 23.2. The van der Waals surface area contributed by atoms with Gasteiger partial charge in [-0.15, -0.1) is 0 Å². The molecule has 0 aromatic carbocycles. The first-order valence-corrected chi connectivity index (χ1v) is 3.48. The summed E-state index contributed by atoms with van der Waals surface area (Å²) < 4.78 is 0. The van der Waals surface area contributed by atoms with Gasteiger partial charge in [-0.05, 0) is 0 Å². The van der Waals surface area contributed by atoms with Crippen molar-refractivity contribution in [1.29, 1.82) is 0 Å². The van der Waals surface area contributed by atoms with Crippen molar-refractivity contribution in [3.05, 3.63) is 16.7 Å². The molecular weight excluding hydrogens is 176 g/mol. The van der Waals surface area contributed by atoms with Gasteiger partial charge in [-0.3, -0.25) is 5.73 Å². The number of rotatable bonds is 2. The number of nitrogens with zero attached hydrogens (tertiary/aromatic N) is 2. The highest BCUT2D eigenvalue weighted by atomic mass is 16.5. The van der Waals surface area contributed by atoms with Crippen molar-refractivity contribution in [1.82, 2.24) is 10.4 Å². The van der Waals surface area contributed by atoms with Crippen LogP contribution in [0.2, 0.25) is 0 Å². The van der Waals surface area contributed by atoms with Gasteiger partial charge >= 0.3 is 0 Å². The van der Waals surface area contributed by atoms with Gasteiger partial charge in [-0.25, -0.2) is 4.99 Å². The third-order valence-electron chi connectivity index (χ3n) is 1.52. The van der Waals surface area contributed by atoms with E-state index in [1.54, 1.807) is 0 Å². The van der Waals surface area contributed by atoms with E-state index >= 15 is 0 Å². The fraction of sp³-hybridized carbons (Fsp3) is 0.400. The summed E-state index contributed by atoms with van der Waals surface area (Å²) in [4.78, 5) is 3.59. The Kier molecular flexibility index (Phi) is 2.56. The first-order valence-electron chi connectivity index (χ1n) is 3.48. The highest BCUT2D eigenvalue weighted by Gasteiger charge is 2.18. The molecule has 1 rings (SSSR count). The van der Waals surface area contributed by atoms with Crippen LogP contribution < -0.4 is 22.5 Å². The van der Waals surface area contributed by atoms with E-state index < -0.39 is 13.0 Å². The molecule has 1 aliphatic heterocycles. The molecule has 0 bridgehead atoms. The summed E-state index contributed by atoms with van der Waals surface area (Å²) in [6.45, 7) is -0.394. The zero-order valence-corrected chi connectivity index (χ0v) is 6.77. The molecule has 0 spiro atoms. The number of aliphatic hydroxyl groups excluding tert-OH is 1. The summed E-state index contributed by atoms with van der Waals surface area (Å²) in [5.74, 6) is -0.180. The van der Waals surface area contributed by atoms with Crippen LogP contribution in [0.4, 0.5) is 0 Å². The average molecular weight is 187 g/mol. The lowest BCUT2D eigenvalue weighted by Crippen LogP contribution is -2.47. The molecule has 8 heteroatoms. The molecule has 0 saturated heterocycles. The molecule has 0 aromatic heterocycles. The van der Waals surface area contributed by atoms with E-state index in [2.05, 4.69) is 10.3 Å². The van der Waals surface area contributed by atoms with E-state index in [-0.39, 0.29) is 17.4 Å². The molecule has 8 nitrogen and oxygen atoms in total. The van der Waals surface area contributed by atoms with Crippen molar-refractivity contribution < 1.29 is 5.11 Å². The minimum Gasteiger partial charge on any atom is -0.755 e. The molecule has 0 radical (unpaired) electrons. The largest absolute Gasteiger partial charge is 0.755 e. The number of aliphatic imine (C=N–C) groups is 1. The molecular formula is C5H11N6O2-. The number of aliphatic hydroxyl groups is 1. The van der Waals surface area contributed by atoms with Crippen molar-refractivity contribution in [3.63, 3.8) is 0 Å². The minimum absolute atomic E-state index is 0.00569. The Bertz CT molecular complexity index is 262. The lowest BCUT2D eigenvalue weighted by Gasteiger charge is -2.38. The van der Waals surface area contributed by atoms with Gasteiger partial charge in [0.05, 0.1) is 0 Å². The second-order valence-corrected chi connectivity index (χ2v) is 2.35. The second-order valence-electron chi connectivity index (χ2n) is 2.35. The molecule has 0 saturated carbocycles. The van der Waals surface area contributed by atoms with Crippen LogP contribution in [0, 0.1) is 5.21 Å². The van der Waals surface area contributed by atoms with Crippen LogP contribution in [-0.2, 0) is 0 Å². The van der Waals surface area contributed by atoms with Gasteiger partial charge < -0.3 is 32.2 Å². The molecule has 74 valence electrons. The van der Waals surface area contributed by atoms with Crippen LogP contribution in [0.25, 0.3) is 0 Å². The van der Waals surface area contributed by atoms with Gasteiger partial charge in [0.15, 0.2) is 6.29 Å². The highest BCUT2D eigenvalue weighted by Crippen LogP contribution is 2.10. The maximum Gasteiger partial charge on any atom is 0.167 e. The maximum absolute atomic E-state index is 11.1. The Balaban J connectivity index is 2.95. The Labute approximate surface area is 74.3 Å². The zero-order chi connectivity index (χ0) is 10.0. The fourth-order valence-corrected chi connectivity index (χ4v) is 0.904. The topological polar surface area (TPSA) is 149 Å². The van der Waals surface area contributed by atoms with Gasteiger partial charge in [0, 0.05) is 0 Å². The molecule has 0 aromatic rings. The van der Waals surface area contributed by atoms with E-state index in [1.165, 1.54) is 0 Å². The highest BCUT2D eigenvalue weighted by molar-refractivity contribution is 5.97. The number of hydrogen-bond acceptors (Lipinski definition) is 8. The lowest BCUT2D eigenvalue weighted by atomic mass is 10.3. The Morgan fingerprint density at radius 2 is 2.23 bits per heavy atom. The number of amidine groups is 1. The molecule has 0 fully saturated rings. The summed E-state index contributed by atoms with van der Waals surface area (Å²) in [6.07, 6.45) is -1.12. The van der Waals surface area contributed by atoms with Crippen molar-refractivity contribution in [3.8, 4) is 0 Å². The fourth-order valence-electron chi connectivity index (χ4n) is 0.904. The Morgan fingerprint density at radius 1 is 1.62 bits per heavy atom. The van der Waals surface area contributed by atoms with Crippen molar-refractivity contribution in [2.24, 2.45) is 22.2 Å². The third kappa shape index (κ3) is 1.64. The number of hydrogen-bond donors (Lipinski definition) is 5. The zero-order valence-electron chi connectivity index (χ0n) is 6.77. The van der Waals surface area contributed by atoms with Crippen LogP contribution >= 0.6 is 0 Å². The van der Waals surface area contributed by atoms with E-state index in [0.717, 1.165) is 0 Å². The van der Waals surface area contributed by atoms with Gasteiger partial charge in [-0.1, -0.05) is 0 Å². The van der Waals surface area contributed by atoms with Crippen LogP contribution in [0.15, 0.2) is 16.5 Å². The minimum atomic E-state index is -1.12. The van der Waals surface area contributed by atoms with Crippen LogP contribution in [0.3, 0.4) is 0 Å². The molecule has 0 aliphatic carbocycles. The van der Waals surface area contributed by atoms with Crippen LogP contribution in [0.5, 0.6) is 0 Å². The second kappa shape index (κ2) is 3.47. The van der Waals surface area contributed by atoms with Crippen molar-refractivity contribution in [2.75, 3.05) is 6.73 Å². The van der Waals surface area contributed by atoms with Gasteiger partial charge in [0.2, 0.25) is 0 Å². The maximum atomic E-state index is 11.1. The lowest BCUT2D eigenvalue weighted by molar-refractivity contribution is 0.270. The van der Waals surface area contributed by atoms with Crippen LogP contribution in [0.1, 0.15) is 0 Å². The summed E-state index contributed by atoms with van der Waals surface area (Å²) in [6, 6.07) is 0. The molecule has 8 N–H and O–H groups in total.